The van der Waals surface area contributed by atoms with Gasteiger partial charge in [-0.2, -0.15) is 0 Å². The van der Waals surface area contributed by atoms with Gasteiger partial charge in [0.2, 0.25) is 10.0 Å². The molecule has 4 aliphatic rings. The third-order valence-corrected chi connectivity index (χ3v) is 10.7. The van der Waals surface area contributed by atoms with Crippen molar-refractivity contribution in [1.82, 2.24) is 9.62 Å². The number of rotatable bonds is 6. The van der Waals surface area contributed by atoms with E-state index in [0.717, 1.165) is 58.2 Å². The highest BCUT2D eigenvalue weighted by Crippen LogP contribution is 2.46. The molecule has 2 saturated heterocycles. The van der Waals surface area contributed by atoms with E-state index < -0.39 is 10.0 Å². The van der Waals surface area contributed by atoms with E-state index in [-0.39, 0.29) is 16.9 Å². The summed E-state index contributed by atoms with van der Waals surface area (Å²) in [7, 11) is -3.20. The number of likely N-dealkylation sites (tertiary alicyclic amines) is 1. The Kier molecular flexibility index (Phi) is 5.78. The maximum Gasteiger partial charge on any atom is 0.219 e. The molecule has 1 aromatic rings. The molecule has 0 amide bonds. The largest absolute Gasteiger partial charge is 0.378 e. The van der Waals surface area contributed by atoms with Crippen LogP contribution in [-0.2, 0) is 37.9 Å². The van der Waals surface area contributed by atoms with Gasteiger partial charge in [-0.05, 0) is 56.6 Å². The van der Waals surface area contributed by atoms with E-state index in [1.807, 2.05) is 11.3 Å². The number of fused-ring (bicyclic) bond motifs is 2. The molecule has 6 nitrogen and oxygen atoms in total. The average Bonchev–Trinajstić information content (AvgIpc) is 3.05. The van der Waals surface area contributed by atoms with Crippen molar-refractivity contribution < 1.29 is 17.9 Å². The van der Waals surface area contributed by atoms with Gasteiger partial charge in [-0.3, -0.25) is 0 Å². The fourth-order valence-electron chi connectivity index (χ4n) is 5.58. The second-order valence-corrected chi connectivity index (χ2v) is 12.9. The second kappa shape index (κ2) is 8.12. The average molecular weight is 455 g/mol. The molecule has 1 aromatic heterocycles. The van der Waals surface area contributed by atoms with Gasteiger partial charge in [-0.1, -0.05) is 6.92 Å². The molecular weight excluding hydrogens is 420 g/mol. The predicted molar refractivity (Wildman–Crippen MR) is 118 cm³/mol. The number of piperidine rings is 1. The van der Waals surface area contributed by atoms with Gasteiger partial charge >= 0.3 is 0 Å². The lowest BCUT2D eigenvalue weighted by Gasteiger charge is -2.49. The molecule has 3 fully saturated rings. The van der Waals surface area contributed by atoms with Crippen LogP contribution in [0.2, 0.25) is 0 Å². The standard InChI is InChI=1S/C22H34N2O4S2/c1-3-18-10-20-21(29-18)4-7-28-22(20)5-6-24(15(2)11-22)12-16-8-17(9-16)23-30(25,26)19-13-27-14-19/h10,15-17,19,23H,3-9,11-14H2,1-2H3/t15-,16?,17?,22+/m0/s1. The molecular formula is C22H34N2O4S2. The monoisotopic (exact) mass is 454 g/mol. The predicted octanol–water partition coefficient (Wildman–Crippen LogP) is 2.66. The van der Waals surface area contributed by atoms with E-state index in [1.165, 1.54) is 10.4 Å². The number of nitrogens with one attached hydrogen (secondary N) is 1. The Labute approximate surface area is 184 Å². The van der Waals surface area contributed by atoms with Crippen molar-refractivity contribution in [2.75, 3.05) is 32.9 Å². The van der Waals surface area contributed by atoms with Crippen molar-refractivity contribution in [2.45, 2.75) is 75.3 Å². The van der Waals surface area contributed by atoms with Gasteiger partial charge in [0.1, 0.15) is 5.25 Å². The molecule has 3 aliphatic heterocycles. The summed E-state index contributed by atoms with van der Waals surface area (Å²) in [5.41, 5.74) is 1.39. The van der Waals surface area contributed by atoms with Crippen molar-refractivity contribution >= 4 is 21.4 Å². The first-order valence-corrected chi connectivity index (χ1v) is 13.8. The van der Waals surface area contributed by atoms with Gasteiger partial charge in [-0.15, -0.1) is 11.3 Å². The number of aryl methyl sites for hydroxylation is 1. The molecule has 0 aromatic carbocycles. The van der Waals surface area contributed by atoms with E-state index in [0.29, 0.717) is 25.2 Å². The van der Waals surface area contributed by atoms with Gasteiger partial charge in [0.05, 0.1) is 25.4 Å². The Balaban J connectivity index is 1.15. The van der Waals surface area contributed by atoms with E-state index in [2.05, 4.69) is 29.5 Å². The molecule has 1 spiro atoms. The zero-order valence-corrected chi connectivity index (χ0v) is 19.7. The summed E-state index contributed by atoms with van der Waals surface area (Å²) < 4.78 is 38.9. The SMILES string of the molecule is CCc1cc2c(s1)CCO[C@@]21CCN(CC2CC(NS(=O)(=O)C3COC3)C2)[C@@H](C)C1. The first kappa shape index (κ1) is 21.3. The zero-order chi connectivity index (χ0) is 20.9. The van der Waals surface area contributed by atoms with E-state index in [9.17, 15) is 8.42 Å². The Hall–Kier alpha value is -0.510. The summed E-state index contributed by atoms with van der Waals surface area (Å²) >= 11 is 1.98. The zero-order valence-electron chi connectivity index (χ0n) is 18.1. The van der Waals surface area contributed by atoms with Crippen LogP contribution in [0.15, 0.2) is 6.07 Å². The molecule has 5 rings (SSSR count). The lowest BCUT2D eigenvalue weighted by atomic mass is 9.77. The van der Waals surface area contributed by atoms with Gasteiger partial charge in [0, 0.05) is 41.3 Å². The maximum absolute atomic E-state index is 12.2. The van der Waals surface area contributed by atoms with Crippen molar-refractivity contribution in [2.24, 2.45) is 5.92 Å². The van der Waals surface area contributed by atoms with Crippen LogP contribution in [0.25, 0.3) is 0 Å². The first-order chi connectivity index (χ1) is 14.4. The molecule has 0 unspecified atom stereocenters. The van der Waals surface area contributed by atoms with Crippen LogP contribution in [0.5, 0.6) is 0 Å². The number of hydrogen-bond acceptors (Lipinski definition) is 6. The summed E-state index contributed by atoms with van der Waals surface area (Å²) in [6.07, 6.45) is 6.19. The Morgan fingerprint density at radius 2 is 2.13 bits per heavy atom. The van der Waals surface area contributed by atoms with Crippen molar-refractivity contribution in [3.8, 4) is 0 Å². The number of ether oxygens (including phenoxy) is 2. The van der Waals surface area contributed by atoms with Crippen LogP contribution in [0.3, 0.4) is 0 Å². The number of sulfonamides is 1. The van der Waals surface area contributed by atoms with Gasteiger partial charge in [0.15, 0.2) is 0 Å². The lowest BCUT2D eigenvalue weighted by Crippen LogP contribution is -2.56. The van der Waals surface area contributed by atoms with E-state index >= 15 is 0 Å². The molecule has 1 N–H and O–H groups in total. The van der Waals surface area contributed by atoms with Gasteiger partial charge in [-0.25, -0.2) is 13.1 Å². The molecule has 30 heavy (non-hydrogen) atoms. The number of hydrogen-bond donors (Lipinski definition) is 1. The third kappa shape index (κ3) is 3.88. The summed E-state index contributed by atoms with van der Waals surface area (Å²) in [4.78, 5) is 5.63. The fraction of sp³-hybridized carbons (Fsp3) is 0.818. The summed E-state index contributed by atoms with van der Waals surface area (Å²) in [6.45, 7) is 8.23. The quantitative estimate of drug-likeness (QED) is 0.716. The number of thiophene rings is 1. The van der Waals surface area contributed by atoms with Gasteiger partial charge in [0.25, 0.3) is 0 Å². The Bertz CT molecular complexity index is 876. The summed E-state index contributed by atoms with van der Waals surface area (Å²) in [5.74, 6) is 0.586. The smallest absolute Gasteiger partial charge is 0.219 e. The highest BCUT2D eigenvalue weighted by Gasteiger charge is 2.45. The normalized spacial score (nSPS) is 35.1. The van der Waals surface area contributed by atoms with Crippen LogP contribution in [0.4, 0.5) is 0 Å². The molecule has 8 heteroatoms. The van der Waals surface area contributed by atoms with Crippen molar-refractivity contribution in [3.05, 3.63) is 21.4 Å². The lowest BCUT2D eigenvalue weighted by molar-refractivity contribution is -0.114. The molecule has 0 radical (unpaired) electrons. The Morgan fingerprint density at radius 1 is 1.33 bits per heavy atom. The minimum absolute atomic E-state index is 0.0873. The first-order valence-electron chi connectivity index (χ1n) is 11.5. The van der Waals surface area contributed by atoms with Crippen LogP contribution < -0.4 is 4.72 Å². The third-order valence-electron chi connectivity index (χ3n) is 7.56. The molecule has 4 heterocycles. The molecule has 0 bridgehead atoms. The highest BCUT2D eigenvalue weighted by atomic mass is 32.2. The number of nitrogens with zero attached hydrogens (tertiary/aromatic N) is 1. The molecule has 2 atom stereocenters. The summed E-state index contributed by atoms with van der Waals surface area (Å²) in [6, 6.07) is 3.00. The topological polar surface area (TPSA) is 67.9 Å². The van der Waals surface area contributed by atoms with Crippen molar-refractivity contribution in [1.29, 1.82) is 0 Å². The van der Waals surface area contributed by atoms with Gasteiger partial charge < -0.3 is 14.4 Å². The van der Waals surface area contributed by atoms with Crippen LogP contribution >= 0.6 is 11.3 Å². The van der Waals surface area contributed by atoms with Crippen LogP contribution in [-0.4, -0.2) is 63.6 Å². The Morgan fingerprint density at radius 3 is 2.80 bits per heavy atom. The van der Waals surface area contributed by atoms with Crippen LogP contribution in [0.1, 0.15) is 54.8 Å². The second-order valence-electron chi connectivity index (χ2n) is 9.65. The molecule has 1 aliphatic carbocycles. The van der Waals surface area contributed by atoms with E-state index in [4.69, 9.17) is 9.47 Å². The van der Waals surface area contributed by atoms with E-state index in [1.54, 1.807) is 4.88 Å². The maximum atomic E-state index is 12.2. The molecule has 168 valence electrons. The highest BCUT2D eigenvalue weighted by molar-refractivity contribution is 7.90. The minimum Gasteiger partial charge on any atom is -0.378 e. The van der Waals surface area contributed by atoms with Crippen LogP contribution in [0, 0.1) is 5.92 Å². The molecule has 1 saturated carbocycles. The summed E-state index contributed by atoms with van der Waals surface area (Å²) in [5, 5.41) is -0.347. The minimum atomic E-state index is -3.20. The fourth-order valence-corrected chi connectivity index (χ4v) is 8.16. The van der Waals surface area contributed by atoms with Crippen molar-refractivity contribution in [3.63, 3.8) is 0 Å².